The van der Waals surface area contributed by atoms with Crippen LogP contribution < -0.4 is 5.32 Å². The molecule has 0 radical (unpaired) electrons. The van der Waals surface area contributed by atoms with Gasteiger partial charge in [0.2, 0.25) is 5.91 Å². The highest BCUT2D eigenvalue weighted by Crippen LogP contribution is 2.27. The van der Waals surface area contributed by atoms with Crippen molar-refractivity contribution in [2.24, 2.45) is 0 Å². The predicted octanol–water partition coefficient (Wildman–Crippen LogP) is 4.09. The maximum Gasteiger partial charge on any atom is 0.230 e. The summed E-state index contributed by atoms with van der Waals surface area (Å²) in [6.07, 6.45) is 0.377. The van der Waals surface area contributed by atoms with Gasteiger partial charge in [-0.2, -0.15) is 0 Å². The summed E-state index contributed by atoms with van der Waals surface area (Å²) in [7, 11) is 0. The topological polar surface area (TPSA) is 42.0 Å². The van der Waals surface area contributed by atoms with E-state index in [4.69, 9.17) is 0 Å². The summed E-state index contributed by atoms with van der Waals surface area (Å²) in [5.74, 6) is -0.0268. The molecule has 0 atom stereocenters. The van der Waals surface area contributed by atoms with E-state index in [2.05, 4.69) is 10.3 Å². The van der Waals surface area contributed by atoms with Crippen molar-refractivity contribution in [3.63, 3.8) is 0 Å². The summed E-state index contributed by atoms with van der Waals surface area (Å²) in [6, 6.07) is 14.0. The van der Waals surface area contributed by atoms with E-state index in [0.717, 1.165) is 26.9 Å². The van der Waals surface area contributed by atoms with Crippen LogP contribution in [0.4, 0.5) is 5.13 Å². The van der Waals surface area contributed by atoms with Gasteiger partial charge in [0.05, 0.1) is 16.6 Å². The summed E-state index contributed by atoms with van der Waals surface area (Å²) >= 11 is 1.51. The summed E-state index contributed by atoms with van der Waals surface area (Å²) in [5.41, 5.74) is 4.27. The van der Waals surface area contributed by atoms with Crippen molar-refractivity contribution < 1.29 is 4.79 Å². The average Bonchev–Trinajstić information content (AvgIpc) is 2.85. The van der Waals surface area contributed by atoms with Crippen LogP contribution in [-0.4, -0.2) is 10.9 Å². The number of rotatable bonds is 3. The van der Waals surface area contributed by atoms with Gasteiger partial charge in [-0.05, 0) is 36.6 Å². The molecular weight excluding hydrogens is 280 g/mol. The number of carbonyl (C=O) groups is 1. The molecule has 3 aromatic rings. The maximum absolute atomic E-state index is 12.2. The Kier molecular flexibility index (Phi) is 3.71. The minimum absolute atomic E-state index is 0.0268. The zero-order valence-electron chi connectivity index (χ0n) is 12.0. The lowest BCUT2D eigenvalue weighted by molar-refractivity contribution is -0.115. The molecule has 1 N–H and O–H groups in total. The number of aryl methyl sites for hydroxylation is 2. The van der Waals surface area contributed by atoms with Gasteiger partial charge in [-0.25, -0.2) is 4.98 Å². The zero-order valence-corrected chi connectivity index (χ0v) is 12.8. The van der Waals surface area contributed by atoms with Crippen molar-refractivity contribution in [2.75, 3.05) is 5.32 Å². The minimum atomic E-state index is -0.0268. The first-order valence-electron chi connectivity index (χ1n) is 6.84. The number of thiazole rings is 1. The molecule has 0 spiro atoms. The highest BCUT2D eigenvalue weighted by molar-refractivity contribution is 7.22. The molecule has 21 heavy (non-hydrogen) atoms. The number of benzene rings is 2. The molecule has 0 bridgehead atoms. The maximum atomic E-state index is 12.2. The quantitative estimate of drug-likeness (QED) is 0.791. The first kappa shape index (κ1) is 13.8. The first-order chi connectivity index (χ1) is 10.1. The van der Waals surface area contributed by atoms with E-state index in [0.29, 0.717) is 11.6 Å². The smallest absolute Gasteiger partial charge is 0.230 e. The number of amides is 1. The number of aromatic nitrogens is 1. The first-order valence-corrected chi connectivity index (χ1v) is 7.65. The molecule has 0 aliphatic rings. The van der Waals surface area contributed by atoms with Gasteiger partial charge in [-0.3, -0.25) is 4.79 Å². The molecule has 2 aromatic carbocycles. The molecule has 0 aliphatic carbocycles. The van der Waals surface area contributed by atoms with E-state index in [1.807, 2.05) is 56.3 Å². The number of hydrogen-bond donors (Lipinski definition) is 1. The van der Waals surface area contributed by atoms with Crippen LogP contribution in [0.3, 0.4) is 0 Å². The molecule has 0 fully saturated rings. The summed E-state index contributed by atoms with van der Waals surface area (Å²) < 4.78 is 1.10. The predicted molar refractivity (Wildman–Crippen MR) is 87.9 cm³/mol. The van der Waals surface area contributed by atoms with E-state index >= 15 is 0 Å². The standard InChI is InChI=1S/C17H16N2OS/c1-11-6-3-4-8-13(11)10-15(20)18-17-19-16-12(2)7-5-9-14(16)21-17/h3-9H,10H2,1-2H3,(H,18,19,20). The van der Waals surface area contributed by atoms with Gasteiger partial charge < -0.3 is 5.32 Å². The molecule has 1 heterocycles. The monoisotopic (exact) mass is 296 g/mol. The van der Waals surface area contributed by atoms with Crippen molar-refractivity contribution in [3.05, 3.63) is 59.2 Å². The van der Waals surface area contributed by atoms with E-state index in [1.165, 1.54) is 11.3 Å². The van der Waals surface area contributed by atoms with Gasteiger partial charge >= 0.3 is 0 Å². The number of nitrogens with one attached hydrogen (secondary N) is 1. The van der Waals surface area contributed by atoms with Gasteiger partial charge in [-0.1, -0.05) is 47.7 Å². The van der Waals surface area contributed by atoms with Crippen molar-refractivity contribution in [1.29, 1.82) is 0 Å². The molecule has 0 saturated heterocycles. The fourth-order valence-corrected chi connectivity index (χ4v) is 3.24. The number of carbonyl (C=O) groups excluding carboxylic acids is 1. The van der Waals surface area contributed by atoms with Gasteiger partial charge in [0.15, 0.2) is 5.13 Å². The van der Waals surface area contributed by atoms with Crippen LogP contribution >= 0.6 is 11.3 Å². The second kappa shape index (κ2) is 5.66. The molecule has 0 unspecified atom stereocenters. The highest BCUT2D eigenvalue weighted by Gasteiger charge is 2.10. The van der Waals surface area contributed by atoms with Gasteiger partial charge in [0.1, 0.15) is 0 Å². The Balaban J connectivity index is 1.77. The molecule has 0 aliphatic heterocycles. The summed E-state index contributed by atoms with van der Waals surface area (Å²) in [4.78, 5) is 16.7. The Labute approximate surface area is 127 Å². The fourth-order valence-electron chi connectivity index (χ4n) is 2.28. The number of nitrogens with zero attached hydrogens (tertiary/aromatic N) is 1. The summed E-state index contributed by atoms with van der Waals surface area (Å²) in [5, 5.41) is 3.57. The van der Waals surface area contributed by atoms with Crippen molar-refractivity contribution in [2.45, 2.75) is 20.3 Å². The average molecular weight is 296 g/mol. The number of para-hydroxylation sites is 1. The second-order valence-electron chi connectivity index (χ2n) is 5.09. The van der Waals surface area contributed by atoms with Gasteiger partial charge in [-0.15, -0.1) is 0 Å². The largest absolute Gasteiger partial charge is 0.302 e. The lowest BCUT2D eigenvalue weighted by Crippen LogP contribution is -2.14. The SMILES string of the molecule is Cc1ccccc1CC(=O)Nc1nc2c(C)cccc2s1. The van der Waals surface area contributed by atoms with Crippen molar-refractivity contribution in [1.82, 2.24) is 4.98 Å². The highest BCUT2D eigenvalue weighted by atomic mass is 32.1. The number of fused-ring (bicyclic) bond motifs is 1. The van der Waals surface area contributed by atoms with Crippen LogP contribution in [0.2, 0.25) is 0 Å². The normalized spacial score (nSPS) is 10.8. The van der Waals surface area contributed by atoms with Gasteiger partial charge in [0.25, 0.3) is 0 Å². The van der Waals surface area contributed by atoms with Crippen LogP contribution in [0.1, 0.15) is 16.7 Å². The Hall–Kier alpha value is -2.20. The Morgan fingerprint density at radius 3 is 2.62 bits per heavy atom. The molecule has 4 heteroatoms. The number of anilines is 1. The number of hydrogen-bond acceptors (Lipinski definition) is 3. The third kappa shape index (κ3) is 2.95. The molecular formula is C17H16N2OS. The molecule has 1 amide bonds. The van der Waals surface area contributed by atoms with E-state index in [9.17, 15) is 4.79 Å². The van der Waals surface area contributed by atoms with Gasteiger partial charge in [0, 0.05) is 0 Å². The molecule has 0 saturated carbocycles. The lowest BCUT2D eigenvalue weighted by atomic mass is 10.1. The second-order valence-corrected chi connectivity index (χ2v) is 6.12. The van der Waals surface area contributed by atoms with E-state index < -0.39 is 0 Å². The van der Waals surface area contributed by atoms with Crippen LogP contribution in [-0.2, 0) is 11.2 Å². The lowest BCUT2D eigenvalue weighted by Gasteiger charge is -2.04. The third-order valence-corrected chi connectivity index (χ3v) is 4.42. The Morgan fingerprint density at radius 2 is 1.86 bits per heavy atom. The van der Waals surface area contributed by atoms with Crippen molar-refractivity contribution in [3.8, 4) is 0 Å². The Bertz CT molecular complexity index is 807. The molecule has 3 rings (SSSR count). The van der Waals surface area contributed by atoms with E-state index in [1.54, 1.807) is 0 Å². The summed E-state index contributed by atoms with van der Waals surface area (Å²) in [6.45, 7) is 4.05. The molecule has 1 aromatic heterocycles. The van der Waals surface area contributed by atoms with E-state index in [-0.39, 0.29) is 5.91 Å². The van der Waals surface area contributed by atoms with Crippen LogP contribution in [0.5, 0.6) is 0 Å². The van der Waals surface area contributed by atoms with Crippen molar-refractivity contribution >= 4 is 32.6 Å². The van der Waals surface area contributed by atoms with Crippen LogP contribution in [0.25, 0.3) is 10.2 Å². The Morgan fingerprint density at radius 1 is 1.10 bits per heavy atom. The van der Waals surface area contributed by atoms with Crippen LogP contribution in [0, 0.1) is 13.8 Å². The molecule has 106 valence electrons. The minimum Gasteiger partial charge on any atom is -0.302 e. The van der Waals surface area contributed by atoms with Crippen LogP contribution in [0.15, 0.2) is 42.5 Å². The zero-order chi connectivity index (χ0) is 14.8. The fraction of sp³-hybridized carbons (Fsp3) is 0.176. The third-order valence-electron chi connectivity index (χ3n) is 3.48. The molecule has 3 nitrogen and oxygen atoms in total.